The Morgan fingerprint density at radius 3 is 2.57 bits per heavy atom. The van der Waals surface area contributed by atoms with E-state index in [2.05, 4.69) is 73.3 Å². The lowest BCUT2D eigenvalue weighted by Gasteiger charge is -2.13. The second-order valence-corrected chi connectivity index (χ2v) is 6.92. The minimum absolute atomic E-state index is 0.759. The first-order valence-electron chi connectivity index (χ1n) is 8.72. The van der Waals surface area contributed by atoms with E-state index in [1.165, 1.54) is 58.8 Å². The first-order chi connectivity index (χ1) is 11.2. The maximum atomic E-state index is 2.45. The van der Waals surface area contributed by atoms with Crippen molar-refractivity contribution >= 4 is 10.8 Å². The molecule has 2 aromatic carbocycles. The van der Waals surface area contributed by atoms with Crippen LogP contribution < -0.4 is 4.57 Å². The predicted octanol–water partition coefficient (Wildman–Crippen LogP) is 5.30. The third-order valence-corrected chi connectivity index (χ3v) is 5.39. The molecule has 0 spiro atoms. The molecule has 23 heavy (non-hydrogen) atoms. The molecule has 0 radical (unpaired) electrons. The molecular formula is C22H24N+. The third-order valence-electron chi connectivity index (χ3n) is 5.39. The summed E-state index contributed by atoms with van der Waals surface area (Å²) in [5, 5.41) is 2.65. The molecule has 0 N–H and O–H groups in total. The largest absolute Gasteiger partial charge is 0.220 e. The van der Waals surface area contributed by atoms with Crippen LogP contribution in [0.2, 0.25) is 0 Å². The molecule has 116 valence electrons. The van der Waals surface area contributed by atoms with Gasteiger partial charge in [0.2, 0.25) is 5.69 Å². The van der Waals surface area contributed by atoms with Crippen molar-refractivity contribution < 1.29 is 4.57 Å². The SMILES string of the molecule is Cc1ccc(C2CCCC2)cc1-c1c2ccccc2cc[n+]1C. The molecule has 1 fully saturated rings. The average molecular weight is 302 g/mol. The number of nitrogens with zero attached hydrogens (tertiary/aromatic N) is 1. The summed E-state index contributed by atoms with van der Waals surface area (Å²) in [6.07, 6.45) is 7.65. The normalized spacial score (nSPS) is 15.4. The van der Waals surface area contributed by atoms with E-state index in [4.69, 9.17) is 0 Å². The number of pyridine rings is 1. The van der Waals surface area contributed by atoms with Crippen molar-refractivity contribution in [1.82, 2.24) is 0 Å². The molecule has 1 heteroatoms. The quantitative estimate of drug-likeness (QED) is 0.566. The minimum Gasteiger partial charge on any atom is -0.200 e. The zero-order valence-corrected chi connectivity index (χ0v) is 14.0. The highest BCUT2D eigenvalue weighted by Crippen LogP contribution is 2.37. The minimum atomic E-state index is 0.759. The first kappa shape index (κ1) is 14.4. The molecule has 1 nitrogen and oxygen atoms in total. The van der Waals surface area contributed by atoms with E-state index in [1.807, 2.05) is 0 Å². The number of benzene rings is 2. The zero-order valence-electron chi connectivity index (χ0n) is 14.0. The maximum absolute atomic E-state index is 2.45. The molecule has 3 aromatic rings. The number of aromatic nitrogens is 1. The van der Waals surface area contributed by atoms with E-state index in [9.17, 15) is 0 Å². The first-order valence-corrected chi connectivity index (χ1v) is 8.72. The summed E-state index contributed by atoms with van der Waals surface area (Å²) in [5.41, 5.74) is 5.60. The molecule has 0 amide bonds. The Bertz CT molecular complexity index is 857. The van der Waals surface area contributed by atoms with E-state index in [-0.39, 0.29) is 0 Å². The number of fused-ring (bicyclic) bond motifs is 1. The Kier molecular flexibility index (Phi) is 3.65. The Morgan fingerprint density at radius 1 is 0.957 bits per heavy atom. The summed E-state index contributed by atoms with van der Waals surface area (Å²) in [5.74, 6) is 0.759. The summed E-state index contributed by atoms with van der Waals surface area (Å²) in [4.78, 5) is 0. The summed E-state index contributed by atoms with van der Waals surface area (Å²) in [7, 11) is 2.16. The van der Waals surface area contributed by atoms with Crippen LogP contribution in [0.5, 0.6) is 0 Å². The van der Waals surface area contributed by atoms with Crippen molar-refractivity contribution in [2.45, 2.75) is 38.5 Å². The number of aryl methyl sites for hydroxylation is 2. The highest BCUT2D eigenvalue weighted by atomic mass is 14.9. The Morgan fingerprint density at radius 2 is 1.74 bits per heavy atom. The monoisotopic (exact) mass is 302 g/mol. The fraction of sp³-hybridized carbons (Fsp3) is 0.318. The Hall–Kier alpha value is -2.15. The van der Waals surface area contributed by atoms with Gasteiger partial charge in [0.05, 0.1) is 5.39 Å². The van der Waals surface area contributed by atoms with Crippen LogP contribution in [0.1, 0.15) is 42.7 Å². The molecule has 0 saturated heterocycles. The van der Waals surface area contributed by atoms with Gasteiger partial charge < -0.3 is 0 Å². The van der Waals surface area contributed by atoms with Gasteiger partial charge >= 0.3 is 0 Å². The molecule has 0 unspecified atom stereocenters. The lowest BCUT2D eigenvalue weighted by atomic mass is 9.91. The molecule has 1 aliphatic rings. The van der Waals surface area contributed by atoms with Gasteiger partial charge in [0.15, 0.2) is 6.20 Å². The Labute approximate surface area is 138 Å². The highest BCUT2D eigenvalue weighted by Gasteiger charge is 2.21. The molecule has 0 atom stereocenters. The van der Waals surface area contributed by atoms with Gasteiger partial charge in [-0.25, -0.2) is 4.57 Å². The number of rotatable bonds is 2. The van der Waals surface area contributed by atoms with Crippen molar-refractivity contribution in [3.63, 3.8) is 0 Å². The van der Waals surface area contributed by atoms with Gasteiger partial charge in [0, 0.05) is 11.6 Å². The molecule has 1 aliphatic carbocycles. The summed E-state index contributed by atoms with van der Waals surface area (Å²) >= 11 is 0. The average Bonchev–Trinajstić information content (AvgIpc) is 3.10. The maximum Gasteiger partial charge on any atom is 0.220 e. The van der Waals surface area contributed by atoms with Crippen LogP contribution >= 0.6 is 0 Å². The van der Waals surface area contributed by atoms with Crippen LogP contribution in [0.3, 0.4) is 0 Å². The van der Waals surface area contributed by atoms with Gasteiger partial charge in [-0.2, -0.15) is 0 Å². The van der Waals surface area contributed by atoms with E-state index < -0.39 is 0 Å². The Balaban J connectivity index is 1.93. The van der Waals surface area contributed by atoms with Crippen LogP contribution in [0.15, 0.2) is 54.7 Å². The highest BCUT2D eigenvalue weighted by molar-refractivity contribution is 5.93. The molecule has 1 heterocycles. The fourth-order valence-electron chi connectivity index (χ4n) is 4.06. The van der Waals surface area contributed by atoms with Crippen LogP contribution in [0.4, 0.5) is 0 Å². The van der Waals surface area contributed by atoms with Crippen LogP contribution in [-0.4, -0.2) is 0 Å². The van der Waals surface area contributed by atoms with Crippen molar-refractivity contribution in [3.8, 4) is 11.3 Å². The van der Waals surface area contributed by atoms with Crippen LogP contribution in [0, 0.1) is 6.92 Å². The summed E-state index contributed by atoms with van der Waals surface area (Å²) in [6.45, 7) is 2.23. The fourth-order valence-corrected chi connectivity index (χ4v) is 4.06. The van der Waals surface area contributed by atoms with Gasteiger partial charge in [-0.1, -0.05) is 43.2 Å². The molecule has 0 bridgehead atoms. The van der Waals surface area contributed by atoms with E-state index in [1.54, 1.807) is 0 Å². The lowest BCUT2D eigenvalue weighted by molar-refractivity contribution is -0.659. The van der Waals surface area contributed by atoms with Crippen molar-refractivity contribution in [3.05, 3.63) is 65.9 Å². The summed E-state index contributed by atoms with van der Waals surface area (Å²) in [6, 6.07) is 18.0. The van der Waals surface area contributed by atoms with Crippen LogP contribution in [-0.2, 0) is 7.05 Å². The van der Waals surface area contributed by atoms with E-state index in [0.29, 0.717) is 0 Å². The molecule has 1 saturated carbocycles. The van der Waals surface area contributed by atoms with Gasteiger partial charge in [0.1, 0.15) is 7.05 Å². The number of hydrogen-bond acceptors (Lipinski definition) is 0. The molecular weight excluding hydrogens is 278 g/mol. The molecule has 0 aliphatic heterocycles. The van der Waals surface area contributed by atoms with E-state index in [0.717, 1.165) is 5.92 Å². The smallest absolute Gasteiger partial charge is 0.200 e. The lowest BCUT2D eigenvalue weighted by Crippen LogP contribution is -2.30. The number of hydrogen-bond donors (Lipinski definition) is 0. The van der Waals surface area contributed by atoms with Crippen LogP contribution in [0.25, 0.3) is 22.0 Å². The van der Waals surface area contributed by atoms with Crippen molar-refractivity contribution in [1.29, 1.82) is 0 Å². The van der Waals surface area contributed by atoms with Crippen molar-refractivity contribution in [2.75, 3.05) is 0 Å². The van der Waals surface area contributed by atoms with Gasteiger partial charge in [-0.15, -0.1) is 0 Å². The van der Waals surface area contributed by atoms with E-state index >= 15 is 0 Å². The predicted molar refractivity (Wildman–Crippen MR) is 96.5 cm³/mol. The molecule has 4 rings (SSSR count). The van der Waals surface area contributed by atoms with Crippen molar-refractivity contribution in [2.24, 2.45) is 7.05 Å². The third kappa shape index (κ3) is 2.55. The van der Waals surface area contributed by atoms with Gasteiger partial charge in [-0.3, -0.25) is 0 Å². The molecule has 1 aromatic heterocycles. The second-order valence-electron chi connectivity index (χ2n) is 6.92. The standard InChI is InChI=1S/C22H24N/c1-16-11-12-19(17-7-3-4-8-17)15-21(16)22-20-10-6-5-9-18(20)13-14-23(22)2/h5-6,9-15,17H,3-4,7-8H2,1-2H3/q+1. The summed E-state index contributed by atoms with van der Waals surface area (Å²) < 4.78 is 2.27. The van der Waals surface area contributed by atoms with Gasteiger partial charge in [0.25, 0.3) is 0 Å². The van der Waals surface area contributed by atoms with Gasteiger partial charge in [-0.05, 0) is 54.3 Å². The second kappa shape index (κ2) is 5.81. The topological polar surface area (TPSA) is 3.88 Å². The zero-order chi connectivity index (χ0) is 15.8.